The smallest absolute Gasteiger partial charge is 0.194 e. The Kier molecular flexibility index (Phi) is 24.7. The van der Waals surface area contributed by atoms with Gasteiger partial charge >= 0.3 is 0 Å². The van der Waals surface area contributed by atoms with Gasteiger partial charge in [-0.1, -0.05) is 115 Å². The molecule has 54 heavy (non-hydrogen) atoms. The Hall–Kier alpha value is -2.84. The lowest BCUT2D eigenvalue weighted by Gasteiger charge is -2.38. The largest absolute Gasteiger partial charge is 0.496 e. The van der Waals surface area contributed by atoms with Crippen LogP contribution in [0, 0.1) is 23.7 Å². The molecular weight excluding hydrogens is 732 g/mol. The Balaban J connectivity index is 0.000000898. The van der Waals surface area contributed by atoms with Gasteiger partial charge in [-0.2, -0.15) is 11.1 Å². The number of ether oxygens (including phenoxy) is 6. The van der Waals surface area contributed by atoms with Gasteiger partial charge in [-0.05, 0) is 59.3 Å². The highest BCUT2D eigenvalue weighted by molar-refractivity contribution is 7.20. The molecule has 0 aromatic heterocycles. The van der Waals surface area contributed by atoms with Crippen molar-refractivity contribution in [2.45, 2.75) is 103 Å². The van der Waals surface area contributed by atoms with E-state index in [1.807, 2.05) is 36.4 Å². The van der Waals surface area contributed by atoms with Crippen LogP contribution in [0.5, 0.6) is 11.5 Å². The van der Waals surface area contributed by atoms with E-state index < -0.39 is 15.7 Å². The highest BCUT2D eigenvalue weighted by Crippen LogP contribution is 2.41. The van der Waals surface area contributed by atoms with Gasteiger partial charge in [-0.15, -0.1) is 13.2 Å². The monoisotopic (exact) mass is 800 g/mol. The van der Waals surface area contributed by atoms with E-state index in [4.69, 9.17) is 43.9 Å². The summed E-state index contributed by atoms with van der Waals surface area (Å²) in [7, 11) is 3.12. The second-order valence-corrected chi connectivity index (χ2v) is 27.5. The summed E-state index contributed by atoms with van der Waals surface area (Å²) < 4.78 is 37.7. The fourth-order valence-corrected chi connectivity index (χ4v) is 5.19. The summed E-state index contributed by atoms with van der Waals surface area (Å²) in [5.74, 6) is 14.1. The third-order valence-electron chi connectivity index (χ3n) is 9.21. The molecule has 2 rings (SSSR count). The van der Waals surface area contributed by atoms with Crippen molar-refractivity contribution in [2.75, 3.05) is 55.2 Å². The van der Waals surface area contributed by atoms with Crippen LogP contribution in [0.2, 0.25) is 36.3 Å². The molecule has 1 atom stereocenters. The van der Waals surface area contributed by atoms with Crippen LogP contribution in [0.3, 0.4) is 0 Å². The Morgan fingerprint density at radius 2 is 1.19 bits per heavy atom. The standard InChI is InChI=1S/C22H34O4Si.C16H20O3.C6H15ClSi/c1-9-12-18-19(13-10-14-20(18)24-6)21(15-11-16-25-17-23-5)26-27(7,8)22(2,3)4;1-4-8-15-14(10-7-11-16(15)18-3)9-5-6-12-19-13-17-2;1-6(2,3)8(4,5)7/h9-10,13-14,21H,1,12,16-17H2,2-8H3;4,7,10-11H,1,8-9,12-13H2,2-3H3;1-5H3/t21-;;/m0../s1. The second-order valence-electron chi connectivity index (χ2n) is 15.5. The zero-order valence-corrected chi connectivity index (χ0v) is 38.6. The molecule has 0 saturated carbocycles. The van der Waals surface area contributed by atoms with Crippen molar-refractivity contribution in [1.82, 2.24) is 0 Å². The van der Waals surface area contributed by atoms with Crippen molar-refractivity contribution in [1.29, 1.82) is 0 Å². The van der Waals surface area contributed by atoms with Crippen molar-refractivity contribution in [2.24, 2.45) is 0 Å². The number of hydrogen-bond acceptors (Lipinski definition) is 7. The topological polar surface area (TPSA) is 64.6 Å². The average Bonchev–Trinajstić information content (AvgIpc) is 3.09. The fraction of sp³-hybridized carbons (Fsp3) is 0.545. The summed E-state index contributed by atoms with van der Waals surface area (Å²) in [5.41, 5.74) is 4.40. The first kappa shape index (κ1) is 51.2. The third-order valence-corrected chi connectivity index (χ3v) is 18.9. The lowest BCUT2D eigenvalue weighted by molar-refractivity contribution is -0.0167. The molecule has 0 radical (unpaired) electrons. The molecule has 0 fully saturated rings. The van der Waals surface area contributed by atoms with Gasteiger partial charge in [0, 0.05) is 31.8 Å². The van der Waals surface area contributed by atoms with E-state index in [-0.39, 0.29) is 24.7 Å². The highest BCUT2D eigenvalue weighted by Gasteiger charge is 2.39. The summed E-state index contributed by atoms with van der Waals surface area (Å²) in [4.78, 5) is 0. The molecule has 302 valence electrons. The van der Waals surface area contributed by atoms with Crippen molar-refractivity contribution >= 4 is 26.8 Å². The normalized spacial score (nSPS) is 11.9. The zero-order valence-electron chi connectivity index (χ0n) is 35.8. The van der Waals surface area contributed by atoms with E-state index in [1.165, 1.54) is 5.56 Å². The molecule has 0 aliphatic carbocycles. The molecule has 0 aliphatic rings. The molecule has 0 aliphatic heterocycles. The zero-order chi connectivity index (χ0) is 41.4. The predicted octanol–water partition coefficient (Wildman–Crippen LogP) is 10.9. The van der Waals surface area contributed by atoms with Gasteiger partial charge in [0.1, 0.15) is 44.4 Å². The van der Waals surface area contributed by atoms with Gasteiger partial charge in [-0.3, -0.25) is 0 Å². The van der Waals surface area contributed by atoms with Gasteiger partial charge in [0.05, 0.1) is 14.2 Å². The van der Waals surface area contributed by atoms with Crippen LogP contribution in [-0.2, 0) is 42.6 Å². The molecule has 0 unspecified atom stereocenters. The first-order valence-corrected chi connectivity index (χ1v) is 25.1. The summed E-state index contributed by atoms with van der Waals surface area (Å²) >= 11 is 6.15. The molecule has 2 aromatic carbocycles. The Morgan fingerprint density at radius 1 is 0.704 bits per heavy atom. The van der Waals surface area contributed by atoms with Gasteiger partial charge < -0.3 is 32.8 Å². The molecule has 10 heteroatoms. The molecular formula is C44H69ClO7Si2. The SMILES string of the molecule is C=CCc1c(CC#CCOCOC)cccc1OC.C=CCc1c(OC)cccc1[C@H](C#CCOCOC)O[Si](C)(C)C(C)(C)C.CC(C)(C)[Si](C)(C)Cl. The van der Waals surface area contributed by atoms with E-state index in [0.29, 0.717) is 31.1 Å². The van der Waals surface area contributed by atoms with Crippen LogP contribution in [-0.4, -0.2) is 70.9 Å². The summed E-state index contributed by atoms with van der Waals surface area (Å²) in [5, 5.41) is 0.422. The number of rotatable bonds is 16. The summed E-state index contributed by atoms with van der Waals surface area (Å²) in [6.45, 7) is 30.9. The van der Waals surface area contributed by atoms with E-state index in [0.717, 1.165) is 34.6 Å². The maximum atomic E-state index is 6.67. The van der Waals surface area contributed by atoms with Crippen LogP contribution in [0.25, 0.3) is 0 Å². The lowest BCUT2D eigenvalue weighted by Crippen LogP contribution is -2.41. The minimum absolute atomic E-state index is 0.0803. The van der Waals surface area contributed by atoms with Crippen LogP contribution in [0.4, 0.5) is 0 Å². The lowest BCUT2D eigenvalue weighted by atomic mass is 9.99. The number of halogens is 1. The fourth-order valence-electron chi connectivity index (χ4n) is 4.06. The van der Waals surface area contributed by atoms with Crippen molar-refractivity contribution in [3.05, 3.63) is 84.0 Å². The average molecular weight is 802 g/mol. The number of allylic oxidation sites excluding steroid dienone is 2. The molecule has 0 saturated heterocycles. The first-order valence-electron chi connectivity index (χ1n) is 18.2. The maximum Gasteiger partial charge on any atom is 0.194 e. The van der Waals surface area contributed by atoms with E-state index in [1.54, 1.807) is 28.4 Å². The number of methoxy groups -OCH3 is 4. The van der Waals surface area contributed by atoms with Crippen LogP contribution >= 0.6 is 11.1 Å². The first-order chi connectivity index (χ1) is 25.3. The van der Waals surface area contributed by atoms with Crippen LogP contribution in [0.15, 0.2) is 61.7 Å². The summed E-state index contributed by atoms with van der Waals surface area (Å²) in [6.07, 6.45) is 5.55. The Labute approximate surface area is 335 Å². The molecule has 2 aromatic rings. The van der Waals surface area contributed by atoms with Crippen LogP contribution < -0.4 is 9.47 Å². The number of benzene rings is 2. The summed E-state index contributed by atoms with van der Waals surface area (Å²) in [6, 6.07) is 12.0. The minimum Gasteiger partial charge on any atom is -0.496 e. The third kappa shape index (κ3) is 19.2. The van der Waals surface area contributed by atoms with Gasteiger partial charge in [0.2, 0.25) is 0 Å². The molecule has 0 spiro atoms. The quantitative estimate of drug-likeness (QED) is 0.0418. The predicted molar refractivity (Wildman–Crippen MR) is 233 cm³/mol. The number of hydrogen-bond donors (Lipinski definition) is 0. The van der Waals surface area contributed by atoms with Gasteiger partial charge in [0.15, 0.2) is 15.7 Å². The Morgan fingerprint density at radius 3 is 1.65 bits per heavy atom. The molecule has 0 amide bonds. The van der Waals surface area contributed by atoms with E-state index >= 15 is 0 Å². The van der Waals surface area contributed by atoms with Crippen molar-refractivity contribution in [3.8, 4) is 35.2 Å². The van der Waals surface area contributed by atoms with E-state index in [9.17, 15) is 0 Å². The molecule has 7 nitrogen and oxygen atoms in total. The molecule has 0 bridgehead atoms. The Bertz CT molecular complexity index is 1500. The highest BCUT2D eigenvalue weighted by atomic mass is 35.6. The molecule has 0 N–H and O–H groups in total. The van der Waals surface area contributed by atoms with Crippen LogP contribution in [0.1, 0.15) is 69.9 Å². The van der Waals surface area contributed by atoms with E-state index in [2.05, 4.69) is 117 Å². The van der Waals surface area contributed by atoms with Crippen molar-refractivity contribution < 1.29 is 32.8 Å². The second kappa shape index (κ2) is 26.1. The van der Waals surface area contributed by atoms with Crippen molar-refractivity contribution in [3.63, 3.8) is 0 Å². The van der Waals surface area contributed by atoms with Gasteiger partial charge in [0.25, 0.3) is 0 Å². The minimum atomic E-state index is -2.03. The van der Waals surface area contributed by atoms with Gasteiger partial charge in [-0.25, -0.2) is 0 Å². The molecule has 0 heterocycles. The maximum absolute atomic E-state index is 6.67.